The Morgan fingerprint density at radius 3 is 2.71 bits per heavy atom. The van der Waals surface area contributed by atoms with Gasteiger partial charge in [-0.15, -0.1) is 0 Å². The zero-order chi connectivity index (χ0) is 12.9. The fourth-order valence-corrected chi connectivity index (χ4v) is 1.56. The Morgan fingerprint density at radius 2 is 2.18 bits per heavy atom. The van der Waals surface area contributed by atoms with Crippen LogP contribution in [0.15, 0.2) is 12.4 Å². The quantitative estimate of drug-likeness (QED) is 0.786. The highest BCUT2D eigenvalue weighted by molar-refractivity contribution is 5.08. The van der Waals surface area contributed by atoms with Gasteiger partial charge in [0.15, 0.2) is 0 Å². The lowest BCUT2D eigenvalue weighted by molar-refractivity contribution is -0.137. The lowest BCUT2D eigenvalue weighted by atomic mass is 10.2. The zero-order valence-electron chi connectivity index (χ0n) is 10.1. The summed E-state index contributed by atoms with van der Waals surface area (Å²) < 4.78 is 38.4. The molecule has 0 aromatic carbocycles. The lowest BCUT2D eigenvalue weighted by Gasteiger charge is -2.12. The van der Waals surface area contributed by atoms with E-state index in [9.17, 15) is 13.2 Å². The molecule has 6 heteroatoms. The molecule has 1 aromatic rings. The number of halogens is 3. The zero-order valence-corrected chi connectivity index (χ0v) is 10.1. The van der Waals surface area contributed by atoms with Crippen molar-refractivity contribution in [2.24, 2.45) is 0 Å². The number of rotatable bonds is 6. The fourth-order valence-electron chi connectivity index (χ4n) is 1.56. The summed E-state index contributed by atoms with van der Waals surface area (Å²) in [5.74, 6) is 0. The van der Waals surface area contributed by atoms with E-state index < -0.39 is 11.7 Å². The van der Waals surface area contributed by atoms with Crippen molar-refractivity contribution < 1.29 is 13.2 Å². The molecule has 0 saturated carbocycles. The molecule has 1 unspecified atom stereocenters. The first-order chi connectivity index (χ1) is 7.95. The second-order valence-corrected chi connectivity index (χ2v) is 4.05. The molecule has 98 valence electrons. The van der Waals surface area contributed by atoms with Crippen LogP contribution in [0.5, 0.6) is 0 Å². The van der Waals surface area contributed by atoms with Gasteiger partial charge in [-0.25, -0.2) is 0 Å². The van der Waals surface area contributed by atoms with E-state index in [4.69, 9.17) is 0 Å². The fraction of sp³-hybridized carbons (Fsp3) is 0.727. The summed E-state index contributed by atoms with van der Waals surface area (Å²) in [6.07, 6.45) is -0.622. The largest absolute Gasteiger partial charge is 0.419 e. The van der Waals surface area contributed by atoms with E-state index in [2.05, 4.69) is 10.4 Å². The smallest absolute Gasteiger partial charge is 0.317 e. The molecule has 0 amide bonds. The van der Waals surface area contributed by atoms with Crippen LogP contribution in [0.2, 0.25) is 0 Å². The van der Waals surface area contributed by atoms with Gasteiger partial charge < -0.3 is 5.32 Å². The van der Waals surface area contributed by atoms with Gasteiger partial charge in [-0.2, -0.15) is 18.3 Å². The highest BCUT2D eigenvalue weighted by atomic mass is 19.4. The van der Waals surface area contributed by atoms with Crippen molar-refractivity contribution in [2.75, 3.05) is 13.1 Å². The molecule has 17 heavy (non-hydrogen) atoms. The first-order valence-electron chi connectivity index (χ1n) is 5.77. The van der Waals surface area contributed by atoms with E-state index >= 15 is 0 Å². The van der Waals surface area contributed by atoms with Crippen LogP contribution in [0.1, 0.15) is 38.3 Å². The Hall–Kier alpha value is -1.04. The molecule has 0 radical (unpaired) electrons. The van der Waals surface area contributed by atoms with E-state index in [1.54, 1.807) is 0 Å². The Kier molecular flexibility index (Phi) is 4.99. The van der Waals surface area contributed by atoms with Crippen LogP contribution in [-0.4, -0.2) is 22.9 Å². The number of hydrogen-bond donors (Lipinski definition) is 1. The topological polar surface area (TPSA) is 29.9 Å². The summed E-state index contributed by atoms with van der Waals surface area (Å²) in [5, 5.41) is 6.93. The van der Waals surface area contributed by atoms with Crippen LogP contribution in [0, 0.1) is 0 Å². The Morgan fingerprint density at radius 1 is 1.47 bits per heavy atom. The minimum atomic E-state index is -4.30. The van der Waals surface area contributed by atoms with Crippen LogP contribution in [-0.2, 0) is 6.18 Å². The van der Waals surface area contributed by atoms with Gasteiger partial charge in [0.2, 0.25) is 0 Å². The predicted molar refractivity (Wildman–Crippen MR) is 59.7 cm³/mol. The van der Waals surface area contributed by atoms with Gasteiger partial charge in [0, 0.05) is 12.2 Å². The molecule has 1 heterocycles. The van der Waals surface area contributed by atoms with Crippen molar-refractivity contribution in [1.29, 1.82) is 0 Å². The SMILES string of the molecule is CCNCCCC(C)n1cc(C(F)(F)F)cn1. The van der Waals surface area contributed by atoms with Gasteiger partial charge in [-0.3, -0.25) is 4.68 Å². The van der Waals surface area contributed by atoms with Crippen molar-refractivity contribution in [3.8, 4) is 0 Å². The van der Waals surface area contributed by atoms with Crippen LogP contribution in [0.4, 0.5) is 13.2 Å². The number of hydrogen-bond acceptors (Lipinski definition) is 2. The Bertz CT molecular complexity index is 333. The van der Waals surface area contributed by atoms with Gasteiger partial charge in [0.1, 0.15) is 0 Å². The third-order valence-corrected chi connectivity index (χ3v) is 2.61. The van der Waals surface area contributed by atoms with Crippen molar-refractivity contribution in [3.05, 3.63) is 18.0 Å². The van der Waals surface area contributed by atoms with Gasteiger partial charge in [0.05, 0.1) is 11.8 Å². The molecule has 0 aliphatic carbocycles. The summed E-state index contributed by atoms with van der Waals surface area (Å²) in [4.78, 5) is 0. The van der Waals surface area contributed by atoms with Crippen LogP contribution in [0.3, 0.4) is 0 Å². The summed E-state index contributed by atoms with van der Waals surface area (Å²) in [6, 6.07) is -0.00949. The molecule has 1 aromatic heterocycles. The Labute approximate surface area is 99.0 Å². The minimum Gasteiger partial charge on any atom is -0.317 e. The highest BCUT2D eigenvalue weighted by Gasteiger charge is 2.32. The summed E-state index contributed by atoms with van der Waals surface area (Å²) >= 11 is 0. The van der Waals surface area contributed by atoms with E-state index in [-0.39, 0.29) is 6.04 Å². The molecule has 0 aliphatic rings. The molecule has 0 bridgehead atoms. The van der Waals surface area contributed by atoms with E-state index in [1.807, 2.05) is 13.8 Å². The van der Waals surface area contributed by atoms with Crippen molar-refractivity contribution in [1.82, 2.24) is 15.1 Å². The molecule has 0 fully saturated rings. The number of nitrogens with one attached hydrogen (secondary N) is 1. The standard InChI is InChI=1S/C11H18F3N3/c1-3-15-6-4-5-9(2)17-8-10(7-16-17)11(12,13)14/h7-9,15H,3-6H2,1-2H3. The molecular formula is C11H18F3N3. The molecule has 0 saturated heterocycles. The molecule has 3 nitrogen and oxygen atoms in total. The maximum atomic E-state index is 12.4. The third kappa shape index (κ3) is 4.38. The van der Waals surface area contributed by atoms with E-state index in [0.29, 0.717) is 0 Å². The second kappa shape index (κ2) is 6.05. The first-order valence-corrected chi connectivity index (χ1v) is 5.77. The van der Waals surface area contributed by atoms with E-state index in [1.165, 1.54) is 4.68 Å². The lowest BCUT2D eigenvalue weighted by Crippen LogP contribution is -2.15. The number of nitrogens with zero attached hydrogens (tertiary/aromatic N) is 2. The maximum Gasteiger partial charge on any atom is 0.419 e. The first kappa shape index (κ1) is 14.0. The van der Waals surface area contributed by atoms with Crippen LogP contribution >= 0.6 is 0 Å². The maximum absolute atomic E-state index is 12.4. The van der Waals surface area contributed by atoms with Gasteiger partial charge >= 0.3 is 6.18 Å². The van der Waals surface area contributed by atoms with Crippen LogP contribution in [0.25, 0.3) is 0 Å². The predicted octanol–water partition coefficient (Wildman–Crippen LogP) is 2.85. The molecule has 1 atom stereocenters. The third-order valence-electron chi connectivity index (χ3n) is 2.61. The summed E-state index contributed by atoms with van der Waals surface area (Å²) in [6.45, 7) is 5.69. The molecule has 1 rings (SSSR count). The van der Waals surface area contributed by atoms with Gasteiger partial charge in [-0.1, -0.05) is 6.92 Å². The van der Waals surface area contributed by atoms with Crippen molar-refractivity contribution in [3.63, 3.8) is 0 Å². The van der Waals surface area contributed by atoms with Crippen LogP contribution < -0.4 is 5.32 Å². The Balaban J connectivity index is 2.47. The summed E-state index contributed by atoms with van der Waals surface area (Å²) in [7, 11) is 0. The number of alkyl halides is 3. The average molecular weight is 249 g/mol. The monoisotopic (exact) mass is 249 g/mol. The van der Waals surface area contributed by atoms with Crippen molar-refractivity contribution in [2.45, 2.75) is 38.9 Å². The van der Waals surface area contributed by atoms with E-state index in [0.717, 1.165) is 38.3 Å². The average Bonchev–Trinajstić information content (AvgIpc) is 2.72. The normalized spacial score (nSPS) is 13.9. The molecule has 0 aliphatic heterocycles. The molecule has 0 spiro atoms. The van der Waals surface area contributed by atoms with Gasteiger partial charge in [0.25, 0.3) is 0 Å². The minimum absolute atomic E-state index is 0.00949. The van der Waals surface area contributed by atoms with Gasteiger partial charge in [-0.05, 0) is 32.9 Å². The molecular weight excluding hydrogens is 231 g/mol. The number of aromatic nitrogens is 2. The highest BCUT2D eigenvalue weighted by Crippen LogP contribution is 2.29. The molecule has 1 N–H and O–H groups in total. The second-order valence-electron chi connectivity index (χ2n) is 4.05. The van der Waals surface area contributed by atoms with Crippen molar-refractivity contribution >= 4 is 0 Å². The summed E-state index contributed by atoms with van der Waals surface area (Å²) in [5.41, 5.74) is -0.684.